The van der Waals surface area contributed by atoms with Crippen molar-refractivity contribution in [1.82, 2.24) is 0 Å². The monoisotopic (exact) mass is 112 g/mol. The summed E-state index contributed by atoms with van der Waals surface area (Å²) < 4.78 is 12.1. The van der Waals surface area contributed by atoms with Crippen molar-refractivity contribution in [2.45, 2.75) is 0 Å². The highest BCUT2D eigenvalue weighted by molar-refractivity contribution is 8.72. The van der Waals surface area contributed by atoms with E-state index in [9.17, 15) is 0 Å². The number of rotatable bonds is 2. The maximum Gasteiger partial charge on any atom is 0.0920 e. The van der Waals surface area contributed by atoms with Crippen LogP contribution < -0.4 is 0 Å². The van der Waals surface area contributed by atoms with Gasteiger partial charge in [-0.2, -0.15) is 0 Å². The molecule has 5 heavy (non-hydrogen) atoms. The molecule has 0 aromatic carbocycles. The minimum absolute atomic E-state index is 0.596. The average molecular weight is 112 g/mol. The van der Waals surface area contributed by atoms with Crippen LogP contribution >= 0.6 is 22.1 Å². The van der Waals surface area contributed by atoms with Gasteiger partial charge in [-0.15, -0.1) is 0 Å². The zero-order valence-corrected chi connectivity index (χ0v) is 4.30. The minimum Gasteiger partial charge on any atom is -0.319 e. The number of hydrogen-bond donors (Lipinski definition) is 1. The first-order chi connectivity index (χ1) is 2.41. The molecule has 0 saturated heterocycles. The Morgan fingerprint density at radius 3 is 2.40 bits per heavy atom. The van der Waals surface area contributed by atoms with Gasteiger partial charge in [0, 0.05) is 0 Å². The Kier molecular flexibility index (Phi) is 5.19. The molecule has 0 radical (unpaired) electrons. The van der Waals surface area contributed by atoms with E-state index in [2.05, 4.69) is 4.18 Å². The van der Waals surface area contributed by atoms with Crippen molar-refractivity contribution in [2.75, 3.05) is 7.11 Å². The lowest BCUT2D eigenvalue weighted by atomic mass is 11.8. The highest BCUT2D eigenvalue weighted by Crippen LogP contribution is 2.14. The molecule has 0 rings (SSSR count). The molecule has 0 fully saturated rings. The van der Waals surface area contributed by atoms with E-state index in [0.29, 0.717) is 11.1 Å². The van der Waals surface area contributed by atoms with Gasteiger partial charge in [-0.3, -0.25) is 0 Å². The first kappa shape index (κ1) is 5.62. The van der Waals surface area contributed by atoms with Gasteiger partial charge in [-0.05, 0) is 0 Å². The molecule has 0 spiro atoms. The first-order valence-corrected chi connectivity index (χ1v) is 2.96. The molecule has 32 valence electrons. The molecule has 0 aliphatic heterocycles. The molecular formula is CH4O2S2. The van der Waals surface area contributed by atoms with Crippen molar-refractivity contribution in [2.24, 2.45) is 0 Å². The molecular weight excluding hydrogens is 108 g/mol. The third-order valence-electron chi connectivity index (χ3n) is 0.0985. The van der Waals surface area contributed by atoms with E-state index >= 15 is 0 Å². The highest BCUT2D eigenvalue weighted by atomic mass is 33.1. The Morgan fingerprint density at radius 2 is 2.40 bits per heavy atom. The van der Waals surface area contributed by atoms with Crippen LogP contribution in [0.3, 0.4) is 0 Å². The molecule has 0 amide bonds. The van der Waals surface area contributed by atoms with Crippen LogP contribution in [0.4, 0.5) is 0 Å². The lowest BCUT2D eigenvalue weighted by Crippen LogP contribution is -1.52. The lowest BCUT2D eigenvalue weighted by Gasteiger charge is -1.79. The third-order valence-corrected chi connectivity index (χ3v) is 0.886. The Hall–Kier alpha value is 0.620. The van der Waals surface area contributed by atoms with Crippen molar-refractivity contribution >= 4 is 22.1 Å². The van der Waals surface area contributed by atoms with Gasteiger partial charge in [0.1, 0.15) is 0 Å². The molecule has 0 aromatic heterocycles. The normalized spacial score (nSPS) is 8.40. The Labute approximate surface area is 38.7 Å². The van der Waals surface area contributed by atoms with Gasteiger partial charge in [-0.1, -0.05) is 0 Å². The molecule has 0 atom stereocenters. The van der Waals surface area contributed by atoms with Crippen molar-refractivity contribution in [3.63, 3.8) is 0 Å². The van der Waals surface area contributed by atoms with Gasteiger partial charge in [0.15, 0.2) is 0 Å². The predicted molar refractivity (Wildman–Crippen MR) is 24.8 cm³/mol. The lowest BCUT2D eigenvalue weighted by molar-refractivity contribution is 0.496. The SMILES string of the molecule is COSSO. The summed E-state index contributed by atoms with van der Waals surface area (Å²) in [5.74, 6) is 0. The zero-order valence-electron chi connectivity index (χ0n) is 2.67. The third kappa shape index (κ3) is 4.62. The van der Waals surface area contributed by atoms with Crippen LogP contribution in [-0.2, 0) is 4.18 Å². The van der Waals surface area contributed by atoms with E-state index in [1.54, 1.807) is 0 Å². The van der Waals surface area contributed by atoms with Gasteiger partial charge < -0.3 is 8.74 Å². The summed E-state index contributed by atoms with van der Waals surface area (Å²) >= 11 is 1.53. The van der Waals surface area contributed by atoms with Crippen LogP contribution in [0.2, 0.25) is 0 Å². The molecule has 0 bridgehead atoms. The summed E-state index contributed by atoms with van der Waals surface area (Å²) in [6, 6.07) is 0. The van der Waals surface area contributed by atoms with E-state index in [1.807, 2.05) is 0 Å². The maximum atomic E-state index is 7.82. The zero-order chi connectivity index (χ0) is 4.12. The molecule has 2 nitrogen and oxygen atoms in total. The van der Waals surface area contributed by atoms with Gasteiger partial charge in [-0.25, -0.2) is 0 Å². The molecule has 0 aliphatic carbocycles. The molecule has 0 aromatic rings. The van der Waals surface area contributed by atoms with Crippen LogP contribution in [0, 0.1) is 0 Å². The topological polar surface area (TPSA) is 29.5 Å². The van der Waals surface area contributed by atoms with Crippen molar-refractivity contribution < 1.29 is 8.74 Å². The molecule has 1 N–H and O–H groups in total. The average Bonchev–Trinajstić information content (AvgIpc) is 1.41. The van der Waals surface area contributed by atoms with Crippen LogP contribution in [0.15, 0.2) is 0 Å². The molecule has 0 unspecified atom stereocenters. The second kappa shape index (κ2) is 4.62. The fourth-order valence-corrected chi connectivity index (χ4v) is 0.274. The predicted octanol–water partition coefficient (Wildman–Crippen LogP) is 1.40. The standard InChI is InChI=1S/CH4O2S2/c1-3-5-4-2/h2H,1H3. The van der Waals surface area contributed by atoms with E-state index in [4.69, 9.17) is 4.55 Å². The molecule has 0 heterocycles. The first-order valence-electron chi connectivity index (χ1n) is 0.924. The largest absolute Gasteiger partial charge is 0.319 e. The highest BCUT2D eigenvalue weighted by Gasteiger charge is 1.70. The van der Waals surface area contributed by atoms with Crippen LogP contribution in [0.5, 0.6) is 0 Å². The van der Waals surface area contributed by atoms with Crippen molar-refractivity contribution in [3.8, 4) is 0 Å². The van der Waals surface area contributed by atoms with Crippen LogP contribution in [-0.4, -0.2) is 11.7 Å². The summed E-state index contributed by atoms with van der Waals surface area (Å²) in [6.45, 7) is 0. The van der Waals surface area contributed by atoms with E-state index in [-0.39, 0.29) is 0 Å². The Balaban J connectivity index is 2.19. The summed E-state index contributed by atoms with van der Waals surface area (Å²) in [5.41, 5.74) is 0. The van der Waals surface area contributed by atoms with Crippen LogP contribution in [0.1, 0.15) is 0 Å². The van der Waals surface area contributed by atoms with E-state index in [0.717, 1.165) is 11.1 Å². The summed E-state index contributed by atoms with van der Waals surface area (Å²) in [5, 5.41) is 0. The fraction of sp³-hybridized carbons (Fsp3) is 1.00. The summed E-state index contributed by atoms with van der Waals surface area (Å²) in [7, 11) is 1.49. The van der Waals surface area contributed by atoms with Crippen LogP contribution in [0.25, 0.3) is 0 Å². The summed E-state index contributed by atoms with van der Waals surface area (Å²) in [6.07, 6.45) is 0. The molecule has 0 saturated carbocycles. The second-order valence-corrected chi connectivity index (χ2v) is 1.78. The quantitative estimate of drug-likeness (QED) is 0.432. The Bertz CT molecular complexity index is 15.1. The smallest absolute Gasteiger partial charge is 0.0920 e. The van der Waals surface area contributed by atoms with Crippen molar-refractivity contribution in [3.05, 3.63) is 0 Å². The van der Waals surface area contributed by atoms with Gasteiger partial charge in [0.2, 0.25) is 0 Å². The second-order valence-electron chi connectivity index (χ2n) is 0.309. The van der Waals surface area contributed by atoms with Gasteiger partial charge >= 0.3 is 0 Å². The molecule has 0 aliphatic rings. The Morgan fingerprint density at radius 1 is 1.80 bits per heavy atom. The van der Waals surface area contributed by atoms with Gasteiger partial charge in [0.05, 0.1) is 29.3 Å². The van der Waals surface area contributed by atoms with Crippen molar-refractivity contribution in [1.29, 1.82) is 0 Å². The number of hydrogen-bond acceptors (Lipinski definition) is 4. The fourth-order valence-electron chi connectivity index (χ4n) is 0.0304. The molecule has 4 heteroatoms. The minimum atomic E-state index is 0.596. The van der Waals surface area contributed by atoms with Gasteiger partial charge in [0.25, 0.3) is 0 Å². The van der Waals surface area contributed by atoms with E-state index < -0.39 is 0 Å². The summed E-state index contributed by atoms with van der Waals surface area (Å²) in [4.78, 5) is 0. The van der Waals surface area contributed by atoms with E-state index in [1.165, 1.54) is 7.11 Å². The maximum absolute atomic E-state index is 7.82.